The number of carbonyl (C=O) groups excluding carboxylic acids is 2. The molecule has 3 amide bonds. The minimum absolute atomic E-state index is 0.0239. The molecule has 0 unspecified atom stereocenters. The molecule has 0 aromatic heterocycles. The average molecular weight is 479 g/mol. The molecular weight excluding hydrogens is 449 g/mol. The Morgan fingerprint density at radius 1 is 1.00 bits per heavy atom. The van der Waals surface area contributed by atoms with Gasteiger partial charge in [-0.15, -0.1) is 0 Å². The number of imide groups is 1. The number of carbonyl (C=O) groups is 2. The van der Waals surface area contributed by atoms with E-state index in [1.54, 1.807) is 31.3 Å². The zero-order valence-corrected chi connectivity index (χ0v) is 19.5. The smallest absolute Gasteiger partial charge is 0.417 e. The van der Waals surface area contributed by atoms with Gasteiger partial charge in [0, 0.05) is 20.1 Å². The fraction of sp³-hybridized carbons (Fsp3) is 0.440. The molecule has 1 saturated carbocycles. The maximum atomic E-state index is 13.9. The minimum atomic E-state index is -4.84. The topological polar surface area (TPSA) is 59.1 Å². The molecule has 0 atom stereocenters. The van der Waals surface area contributed by atoms with Crippen molar-refractivity contribution in [3.63, 3.8) is 0 Å². The fourth-order valence-electron chi connectivity index (χ4n) is 4.11. The Labute approximate surface area is 197 Å². The van der Waals surface area contributed by atoms with Crippen LogP contribution in [0.15, 0.2) is 42.5 Å². The van der Waals surface area contributed by atoms with Gasteiger partial charge in [0.25, 0.3) is 5.91 Å². The van der Waals surface area contributed by atoms with Crippen LogP contribution in [0.4, 0.5) is 18.0 Å². The van der Waals surface area contributed by atoms with Gasteiger partial charge in [-0.3, -0.25) is 9.69 Å². The maximum Gasteiger partial charge on any atom is 0.417 e. The number of methoxy groups -OCH3 is 1. The highest BCUT2D eigenvalue weighted by molar-refractivity contribution is 6.05. The van der Waals surface area contributed by atoms with Crippen molar-refractivity contribution in [2.24, 2.45) is 0 Å². The van der Waals surface area contributed by atoms with Gasteiger partial charge in [0.1, 0.15) is 6.61 Å². The van der Waals surface area contributed by atoms with E-state index in [0.29, 0.717) is 0 Å². The van der Waals surface area contributed by atoms with E-state index < -0.39 is 29.2 Å². The van der Waals surface area contributed by atoms with Gasteiger partial charge in [0.05, 0.1) is 18.2 Å². The van der Waals surface area contributed by atoms with E-state index in [1.807, 2.05) is 6.07 Å². The van der Waals surface area contributed by atoms with Crippen LogP contribution >= 0.6 is 0 Å². The summed E-state index contributed by atoms with van der Waals surface area (Å²) in [6.45, 7) is 0.0649. The molecule has 0 N–H and O–H groups in total. The van der Waals surface area contributed by atoms with Crippen molar-refractivity contribution in [3.05, 3.63) is 59.2 Å². The summed E-state index contributed by atoms with van der Waals surface area (Å²) in [4.78, 5) is 28.3. The Hall–Kier alpha value is -3.23. The fourth-order valence-corrected chi connectivity index (χ4v) is 4.11. The number of hydrogen-bond acceptors (Lipinski definition) is 4. The van der Waals surface area contributed by atoms with Crippen LogP contribution in [0.25, 0.3) is 0 Å². The van der Waals surface area contributed by atoms with Crippen molar-refractivity contribution < 1.29 is 32.2 Å². The van der Waals surface area contributed by atoms with Gasteiger partial charge in [-0.25, -0.2) is 4.79 Å². The predicted octanol–water partition coefficient (Wildman–Crippen LogP) is 5.75. The van der Waals surface area contributed by atoms with Crippen LogP contribution in [0, 0.1) is 0 Å². The maximum absolute atomic E-state index is 13.9. The Morgan fingerprint density at radius 2 is 1.65 bits per heavy atom. The summed E-state index contributed by atoms with van der Waals surface area (Å²) >= 11 is 0. The number of rotatable bonds is 6. The zero-order chi connectivity index (χ0) is 24.9. The number of nitrogens with zero attached hydrogens (tertiary/aromatic N) is 2. The van der Waals surface area contributed by atoms with Crippen molar-refractivity contribution in [2.75, 3.05) is 21.2 Å². The highest BCUT2D eigenvalue weighted by atomic mass is 19.4. The molecule has 3 rings (SSSR count). The summed E-state index contributed by atoms with van der Waals surface area (Å²) in [5.41, 5.74) is -1.08. The summed E-state index contributed by atoms with van der Waals surface area (Å²) in [5, 5.41) is 0. The second-order valence-electron chi connectivity index (χ2n) is 8.37. The molecule has 34 heavy (non-hydrogen) atoms. The first kappa shape index (κ1) is 25.4. The normalized spacial score (nSPS) is 14.4. The molecule has 0 bridgehead atoms. The van der Waals surface area contributed by atoms with Gasteiger partial charge in [-0.1, -0.05) is 49.6 Å². The first-order chi connectivity index (χ1) is 16.1. The van der Waals surface area contributed by atoms with Crippen LogP contribution < -0.4 is 9.47 Å². The Kier molecular flexibility index (Phi) is 8.06. The van der Waals surface area contributed by atoms with E-state index in [1.165, 1.54) is 19.1 Å². The summed E-state index contributed by atoms with van der Waals surface area (Å²) < 4.78 is 52.4. The summed E-state index contributed by atoms with van der Waals surface area (Å²) in [7, 11) is 4.00. The van der Waals surface area contributed by atoms with Crippen LogP contribution in [0.5, 0.6) is 11.5 Å². The molecule has 2 aromatic rings. The van der Waals surface area contributed by atoms with E-state index in [2.05, 4.69) is 0 Å². The number of alkyl halides is 3. The molecule has 1 aliphatic carbocycles. The summed E-state index contributed by atoms with van der Waals surface area (Å²) in [6, 6.07) is 10.1. The second kappa shape index (κ2) is 10.8. The average Bonchev–Trinajstić information content (AvgIpc) is 2.85. The van der Waals surface area contributed by atoms with Crippen LogP contribution in [-0.4, -0.2) is 49.0 Å². The van der Waals surface area contributed by atoms with E-state index in [-0.39, 0.29) is 24.1 Å². The highest BCUT2D eigenvalue weighted by Crippen LogP contribution is 2.40. The SMILES string of the molecule is COc1cc(C(F)(F)F)c(C(=O)N(C)C(=O)N(C)C2CCCCC2)cc1OCc1ccccc1. The van der Waals surface area contributed by atoms with Crippen LogP contribution in [-0.2, 0) is 12.8 Å². The molecule has 1 fully saturated rings. The first-order valence-corrected chi connectivity index (χ1v) is 11.1. The molecule has 0 radical (unpaired) electrons. The van der Waals surface area contributed by atoms with Gasteiger partial charge in [-0.05, 0) is 30.5 Å². The number of halogens is 3. The lowest BCUT2D eigenvalue weighted by molar-refractivity contribution is -0.138. The molecule has 1 aliphatic rings. The molecule has 0 heterocycles. The van der Waals surface area contributed by atoms with Crippen molar-refractivity contribution >= 4 is 11.9 Å². The van der Waals surface area contributed by atoms with Gasteiger partial charge in [-0.2, -0.15) is 13.2 Å². The lowest BCUT2D eigenvalue weighted by Crippen LogP contribution is -2.47. The van der Waals surface area contributed by atoms with Gasteiger partial charge < -0.3 is 14.4 Å². The Balaban J connectivity index is 1.91. The quantitative estimate of drug-likeness (QED) is 0.531. The Bertz CT molecular complexity index is 1010. The largest absolute Gasteiger partial charge is 0.493 e. The molecule has 0 aliphatic heterocycles. The lowest BCUT2D eigenvalue weighted by atomic mass is 9.95. The molecule has 9 heteroatoms. The van der Waals surface area contributed by atoms with Crippen LogP contribution in [0.3, 0.4) is 0 Å². The first-order valence-electron chi connectivity index (χ1n) is 11.1. The number of hydrogen-bond donors (Lipinski definition) is 0. The monoisotopic (exact) mass is 478 g/mol. The van der Waals surface area contributed by atoms with Gasteiger partial charge in [0.2, 0.25) is 0 Å². The summed E-state index contributed by atoms with van der Waals surface area (Å²) in [5.74, 6) is -1.25. The van der Waals surface area contributed by atoms with Gasteiger partial charge >= 0.3 is 12.2 Å². The van der Waals surface area contributed by atoms with E-state index in [4.69, 9.17) is 9.47 Å². The number of benzene rings is 2. The van der Waals surface area contributed by atoms with Crippen LogP contribution in [0.2, 0.25) is 0 Å². The zero-order valence-electron chi connectivity index (χ0n) is 19.5. The molecule has 0 saturated heterocycles. The van der Waals surface area contributed by atoms with E-state index in [0.717, 1.165) is 54.7 Å². The number of amides is 3. The third kappa shape index (κ3) is 5.81. The third-order valence-electron chi connectivity index (χ3n) is 6.09. The predicted molar refractivity (Wildman–Crippen MR) is 121 cm³/mol. The lowest BCUT2D eigenvalue weighted by Gasteiger charge is -2.33. The molecular formula is C25H29F3N2O4. The third-order valence-corrected chi connectivity index (χ3v) is 6.09. The van der Waals surface area contributed by atoms with Crippen LogP contribution in [0.1, 0.15) is 53.6 Å². The second-order valence-corrected chi connectivity index (χ2v) is 8.37. The summed E-state index contributed by atoms with van der Waals surface area (Å²) in [6.07, 6.45) is -0.205. The standard InChI is InChI=1S/C25H29F3N2O4/c1-29(18-12-8-5-9-13-18)24(32)30(2)23(31)19-14-22(34-16-17-10-6-4-7-11-17)21(33-3)15-20(19)25(26,27)28/h4,6-7,10-11,14-15,18H,5,8-9,12-13,16H2,1-3H3. The molecule has 184 valence electrons. The van der Waals surface area contributed by atoms with Crippen molar-refractivity contribution in [3.8, 4) is 11.5 Å². The molecule has 0 spiro atoms. The van der Waals surface area contributed by atoms with Crippen molar-refractivity contribution in [1.29, 1.82) is 0 Å². The van der Waals surface area contributed by atoms with E-state index >= 15 is 0 Å². The number of urea groups is 1. The number of ether oxygens (including phenoxy) is 2. The Morgan fingerprint density at radius 3 is 2.24 bits per heavy atom. The molecule has 2 aromatic carbocycles. The van der Waals surface area contributed by atoms with E-state index in [9.17, 15) is 22.8 Å². The highest BCUT2D eigenvalue weighted by Gasteiger charge is 2.39. The van der Waals surface area contributed by atoms with Gasteiger partial charge in [0.15, 0.2) is 11.5 Å². The molecule has 6 nitrogen and oxygen atoms in total. The van der Waals surface area contributed by atoms with Crippen molar-refractivity contribution in [2.45, 2.75) is 50.9 Å². The van der Waals surface area contributed by atoms with Crippen molar-refractivity contribution in [1.82, 2.24) is 9.80 Å². The minimum Gasteiger partial charge on any atom is -0.493 e.